The van der Waals surface area contributed by atoms with Gasteiger partial charge in [0.15, 0.2) is 0 Å². The summed E-state index contributed by atoms with van der Waals surface area (Å²) in [5, 5.41) is 0.539. The summed E-state index contributed by atoms with van der Waals surface area (Å²) in [5.41, 5.74) is 6.23. The van der Waals surface area contributed by atoms with Gasteiger partial charge in [0.2, 0.25) is 0 Å². The molecule has 1 aliphatic rings. The van der Waals surface area contributed by atoms with Crippen LogP contribution in [-0.2, 0) is 0 Å². The summed E-state index contributed by atoms with van der Waals surface area (Å²) in [4.78, 5) is 17.8. The number of rotatable bonds is 1. The molecule has 2 N–H and O–H groups in total. The zero-order valence-electron chi connectivity index (χ0n) is 9.71. The Morgan fingerprint density at radius 2 is 1.94 bits per heavy atom. The quantitative estimate of drug-likeness (QED) is 0.864. The fourth-order valence-electron chi connectivity index (χ4n) is 1.77. The van der Waals surface area contributed by atoms with Crippen LogP contribution in [0.15, 0.2) is 18.3 Å². The highest BCUT2D eigenvalue weighted by Crippen LogP contribution is 2.13. The van der Waals surface area contributed by atoms with Crippen molar-refractivity contribution in [2.24, 2.45) is 5.73 Å². The van der Waals surface area contributed by atoms with Gasteiger partial charge in [-0.3, -0.25) is 4.79 Å². The molecule has 0 bridgehead atoms. The van der Waals surface area contributed by atoms with Gasteiger partial charge in [0.25, 0.3) is 5.91 Å². The van der Waals surface area contributed by atoms with Crippen molar-refractivity contribution in [2.75, 3.05) is 13.1 Å². The molecular weight excluding hydrogens is 297 g/mol. The summed E-state index contributed by atoms with van der Waals surface area (Å²) >= 11 is 5.72. The number of nitrogens with zero attached hydrogens (tertiary/aromatic N) is 2. The van der Waals surface area contributed by atoms with Gasteiger partial charge in [-0.1, -0.05) is 11.6 Å². The summed E-state index contributed by atoms with van der Waals surface area (Å²) in [6.45, 7) is 1.43. The standard InChI is InChI=1S/C11H14ClN3O.2ClH/c12-8-1-2-10(14-7-8)11(16)15-5-3-9(13)4-6-15;;/h1-2,7,9H,3-6,13H2;2*1H. The first-order valence-electron chi connectivity index (χ1n) is 5.33. The maximum atomic E-state index is 12.0. The van der Waals surface area contributed by atoms with Crippen LogP contribution >= 0.6 is 36.4 Å². The minimum Gasteiger partial charge on any atom is -0.337 e. The second-order valence-corrected chi connectivity index (χ2v) is 4.43. The summed E-state index contributed by atoms with van der Waals surface area (Å²) in [6, 6.07) is 3.55. The lowest BCUT2D eigenvalue weighted by Gasteiger charge is -2.29. The second kappa shape index (κ2) is 7.79. The van der Waals surface area contributed by atoms with Gasteiger partial charge in [0, 0.05) is 25.3 Å². The lowest BCUT2D eigenvalue weighted by molar-refractivity contribution is 0.0709. The van der Waals surface area contributed by atoms with Crippen LogP contribution in [0.2, 0.25) is 5.02 Å². The van der Waals surface area contributed by atoms with Crippen molar-refractivity contribution in [3.05, 3.63) is 29.0 Å². The SMILES string of the molecule is Cl.Cl.NC1CCN(C(=O)c2ccc(Cl)cn2)CC1. The fourth-order valence-corrected chi connectivity index (χ4v) is 1.88. The summed E-state index contributed by atoms with van der Waals surface area (Å²) in [6.07, 6.45) is 3.21. The molecule has 0 radical (unpaired) electrons. The average molecular weight is 313 g/mol. The van der Waals surface area contributed by atoms with E-state index in [2.05, 4.69) is 4.98 Å². The van der Waals surface area contributed by atoms with Gasteiger partial charge in [0.05, 0.1) is 5.02 Å². The molecule has 1 saturated heterocycles. The van der Waals surface area contributed by atoms with Gasteiger partial charge in [-0.2, -0.15) is 0 Å². The van der Waals surface area contributed by atoms with Crippen LogP contribution in [-0.4, -0.2) is 34.9 Å². The lowest BCUT2D eigenvalue weighted by atomic mass is 10.1. The maximum absolute atomic E-state index is 12.0. The summed E-state index contributed by atoms with van der Waals surface area (Å²) in [5.74, 6) is -0.0384. The minimum atomic E-state index is -0.0384. The topological polar surface area (TPSA) is 59.2 Å². The van der Waals surface area contributed by atoms with E-state index in [1.807, 2.05) is 0 Å². The predicted molar refractivity (Wildman–Crippen MR) is 76.9 cm³/mol. The molecule has 0 aliphatic carbocycles. The van der Waals surface area contributed by atoms with E-state index < -0.39 is 0 Å². The van der Waals surface area contributed by atoms with Gasteiger partial charge in [0.1, 0.15) is 5.69 Å². The number of pyridine rings is 1. The van der Waals surface area contributed by atoms with Crippen molar-refractivity contribution < 1.29 is 4.79 Å². The fraction of sp³-hybridized carbons (Fsp3) is 0.455. The van der Waals surface area contributed by atoms with E-state index >= 15 is 0 Å². The molecule has 0 saturated carbocycles. The van der Waals surface area contributed by atoms with Crippen molar-refractivity contribution in [1.29, 1.82) is 0 Å². The number of hydrogen-bond acceptors (Lipinski definition) is 3. The maximum Gasteiger partial charge on any atom is 0.272 e. The third-order valence-electron chi connectivity index (χ3n) is 2.77. The largest absolute Gasteiger partial charge is 0.337 e. The van der Waals surface area contributed by atoms with Gasteiger partial charge in [-0.05, 0) is 25.0 Å². The molecule has 0 unspecified atom stereocenters. The molecule has 0 aromatic carbocycles. The van der Waals surface area contributed by atoms with E-state index in [0.29, 0.717) is 23.8 Å². The van der Waals surface area contributed by atoms with Gasteiger partial charge >= 0.3 is 0 Å². The highest BCUT2D eigenvalue weighted by atomic mass is 35.5. The van der Waals surface area contributed by atoms with Crippen LogP contribution in [0.3, 0.4) is 0 Å². The molecule has 4 nitrogen and oxygen atoms in total. The van der Waals surface area contributed by atoms with E-state index in [9.17, 15) is 4.79 Å². The smallest absolute Gasteiger partial charge is 0.272 e. The molecule has 7 heteroatoms. The number of amides is 1. The number of piperidine rings is 1. The summed E-state index contributed by atoms with van der Waals surface area (Å²) < 4.78 is 0. The summed E-state index contributed by atoms with van der Waals surface area (Å²) in [7, 11) is 0. The van der Waals surface area contributed by atoms with Crippen LogP contribution in [0.4, 0.5) is 0 Å². The van der Waals surface area contributed by atoms with Crippen LogP contribution < -0.4 is 5.73 Å². The number of halogens is 3. The minimum absolute atomic E-state index is 0. The Hall–Kier alpha value is -0.550. The average Bonchev–Trinajstić information content (AvgIpc) is 2.30. The zero-order chi connectivity index (χ0) is 11.5. The molecule has 2 rings (SSSR count). The Morgan fingerprint density at radius 1 is 1.33 bits per heavy atom. The van der Waals surface area contributed by atoms with Crippen molar-refractivity contribution in [1.82, 2.24) is 9.88 Å². The molecule has 1 amide bonds. The Kier molecular flexibility index (Phi) is 7.55. The normalized spacial score (nSPS) is 15.6. The third-order valence-corrected chi connectivity index (χ3v) is 3.00. The van der Waals surface area contributed by atoms with Crippen molar-refractivity contribution in [3.8, 4) is 0 Å². The monoisotopic (exact) mass is 311 g/mol. The highest BCUT2D eigenvalue weighted by molar-refractivity contribution is 6.30. The Morgan fingerprint density at radius 3 is 2.44 bits per heavy atom. The van der Waals surface area contributed by atoms with Gasteiger partial charge in [-0.15, -0.1) is 24.8 Å². The number of carbonyl (C=O) groups excluding carboxylic acids is 1. The van der Waals surface area contributed by atoms with Crippen LogP contribution in [0.25, 0.3) is 0 Å². The highest BCUT2D eigenvalue weighted by Gasteiger charge is 2.22. The molecule has 1 aromatic heterocycles. The third kappa shape index (κ3) is 4.28. The van der Waals surface area contributed by atoms with Crippen molar-refractivity contribution in [3.63, 3.8) is 0 Å². The van der Waals surface area contributed by atoms with E-state index in [1.54, 1.807) is 17.0 Å². The van der Waals surface area contributed by atoms with Crippen molar-refractivity contribution in [2.45, 2.75) is 18.9 Å². The van der Waals surface area contributed by atoms with E-state index in [0.717, 1.165) is 12.8 Å². The van der Waals surface area contributed by atoms with Gasteiger partial charge < -0.3 is 10.6 Å². The molecule has 1 aliphatic heterocycles. The molecule has 1 aromatic rings. The molecular formula is C11H16Cl3N3O. The van der Waals surface area contributed by atoms with Crippen LogP contribution in [0, 0.1) is 0 Å². The molecule has 1 fully saturated rings. The second-order valence-electron chi connectivity index (χ2n) is 3.99. The van der Waals surface area contributed by atoms with E-state index in [1.165, 1.54) is 6.20 Å². The first kappa shape index (κ1) is 17.4. The van der Waals surface area contributed by atoms with E-state index in [4.69, 9.17) is 17.3 Å². The Labute approximate surface area is 124 Å². The van der Waals surface area contributed by atoms with Crippen LogP contribution in [0.5, 0.6) is 0 Å². The first-order valence-corrected chi connectivity index (χ1v) is 5.71. The molecule has 0 atom stereocenters. The molecule has 0 spiro atoms. The first-order chi connectivity index (χ1) is 7.66. The van der Waals surface area contributed by atoms with Crippen LogP contribution in [0.1, 0.15) is 23.3 Å². The lowest BCUT2D eigenvalue weighted by Crippen LogP contribution is -2.43. The zero-order valence-corrected chi connectivity index (χ0v) is 12.1. The predicted octanol–water partition coefficient (Wildman–Crippen LogP) is 2.14. The number of aromatic nitrogens is 1. The van der Waals surface area contributed by atoms with Gasteiger partial charge in [-0.25, -0.2) is 4.98 Å². The van der Waals surface area contributed by atoms with E-state index in [-0.39, 0.29) is 36.8 Å². The van der Waals surface area contributed by atoms with Crippen molar-refractivity contribution >= 4 is 42.3 Å². The Bertz CT molecular complexity index is 378. The number of hydrogen-bond donors (Lipinski definition) is 1. The molecule has 2 heterocycles. The number of carbonyl (C=O) groups is 1. The number of likely N-dealkylation sites (tertiary alicyclic amines) is 1. The molecule has 102 valence electrons. The molecule has 18 heavy (non-hydrogen) atoms. The number of nitrogens with two attached hydrogens (primary N) is 1. The Balaban J connectivity index is 0.00000144.